The molecule has 0 radical (unpaired) electrons. The fourth-order valence-corrected chi connectivity index (χ4v) is 2.89. The Bertz CT molecular complexity index is 336. The van der Waals surface area contributed by atoms with Crippen molar-refractivity contribution in [3.05, 3.63) is 29.0 Å². The molecule has 0 bridgehead atoms. The van der Waals surface area contributed by atoms with Gasteiger partial charge in [-0.05, 0) is 48.9 Å². The summed E-state index contributed by atoms with van der Waals surface area (Å²) in [5, 5.41) is 4.04. The first-order valence-corrected chi connectivity index (χ1v) is 5.54. The number of aromatic nitrogens is 1. The Morgan fingerprint density at radius 2 is 2.29 bits per heavy atom. The van der Waals surface area contributed by atoms with Crippen LogP contribution in [0.5, 0.6) is 0 Å². The van der Waals surface area contributed by atoms with E-state index in [0.717, 1.165) is 17.8 Å². The summed E-state index contributed by atoms with van der Waals surface area (Å²) >= 11 is 5.77. The molecule has 3 rings (SSSR count). The third-order valence-electron chi connectivity index (χ3n) is 3.64. The number of hydrogen-bond donors (Lipinski definition) is 1. The predicted molar refractivity (Wildman–Crippen MR) is 56.5 cm³/mol. The largest absolute Gasteiger partial charge is 0.316 e. The molecule has 14 heavy (non-hydrogen) atoms. The normalized spacial score (nSPS) is 35.1. The Balaban J connectivity index is 1.80. The highest BCUT2D eigenvalue weighted by molar-refractivity contribution is 6.29. The van der Waals surface area contributed by atoms with E-state index in [-0.39, 0.29) is 0 Å². The van der Waals surface area contributed by atoms with E-state index in [4.69, 9.17) is 11.6 Å². The van der Waals surface area contributed by atoms with E-state index >= 15 is 0 Å². The van der Waals surface area contributed by atoms with Crippen LogP contribution in [0.2, 0.25) is 5.15 Å². The van der Waals surface area contributed by atoms with Crippen molar-refractivity contribution < 1.29 is 0 Å². The molecule has 0 aromatic carbocycles. The molecule has 74 valence electrons. The van der Waals surface area contributed by atoms with Gasteiger partial charge in [0.05, 0.1) is 0 Å². The third kappa shape index (κ3) is 1.25. The summed E-state index contributed by atoms with van der Waals surface area (Å²) in [4.78, 5) is 4.14. The average Bonchev–Trinajstić information content (AvgIpc) is 2.52. The summed E-state index contributed by atoms with van der Waals surface area (Å²) in [6, 6.07) is 4.02. The van der Waals surface area contributed by atoms with Gasteiger partial charge in [0.2, 0.25) is 0 Å². The molecule has 2 heterocycles. The van der Waals surface area contributed by atoms with Crippen LogP contribution < -0.4 is 5.32 Å². The Labute approximate surface area is 88.7 Å². The molecule has 3 heteroatoms. The van der Waals surface area contributed by atoms with Crippen LogP contribution in [0, 0.1) is 11.8 Å². The van der Waals surface area contributed by atoms with Gasteiger partial charge in [0.1, 0.15) is 5.15 Å². The van der Waals surface area contributed by atoms with Gasteiger partial charge in [-0.3, -0.25) is 0 Å². The highest BCUT2D eigenvalue weighted by Crippen LogP contribution is 2.48. The maximum Gasteiger partial charge on any atom is 0.129 e. The number of hydrogen-bond acceptors (Lipinski definition) is 2. The summed E-state index contributed by atoms with van der Waals surface area (Å²) in [5.41, 5.74) is 1.36. The number of halogens is 1. The van der Waals surface area contributed by atoms with E-state index in [9.17, 15) is 0 Å². The molecule has 1 N–H and O–H groups in total. The van der Waals surface area contributed by atoms with Crippen LogP contribution in [-0.2, 0) is 0 Å². The number of nitrogens with one attached hydrogen (secondary N) is 1. The fraction of sp³-hybridized carbons (Fsp3) is 0.545. The highest BCUT2D eigenvalue weighted by atomic mass is 35.5. The lowest BCUT2D eigenvalue weighted by Crippen LogP contribution is -2.33. The molecule has 1 saturated heterocycles. The van der Waals surface area contributed by atoms with Crippen LogP contribution in [0.3, 0.4) is 0 Å². The predicted octanol–water partition coefficient (Wildman–Crippen LogP) is 2.06. The lowest BCUT2D eigenvalue weighted by molar-refractivity contribution is 0.191. The van der Waals surface area contributed by atoms with E-state index in [0.29, 0.717) is 5.15 Å². The second-order valence-corrected chi connectivity index (χ2v) is 4.73. The van der Waals surface area contributed by atoms with E-state index in [1.165, 1.54) is 25.1 Å². The van der Waals surface area contributed by atoms with Crippen LogP contribution in [0.4, 0.5) is 0 Å². The average molecular weight is 209 g/mol. The molecule has 2 fully saturated rings. The van der Waals surface area contributed by atoms with Gasteiger partial charge in [-0.25, -0.2) is 4.98 Å². The van der Waals surface area contributed by atoms with Crippen molar-refractivity contribution in [2.75, 3.05) is 13.1 Å². The molecule has 1 aromatic heterocycles. The zero-order valence-corrected chi connectivity index (χ0v) is 8.67. The van der Waals surface area contributed by atoms with Gasteiger partial charge in [-0.15, -0.1) is 0 Å². The molecule has 2 aliphatic rings. The molecule has 1 aliphatic heterocycles. The number of fused-ring (bicyclic) bond motifs is 1. The molecule has 1 aromatic rings. The monoisotopic (exact) mass is 208 g/mol. The lowest BCUT2D eigenvalue weighted by atomic mass is 9.64. The second-order valence-electron chi connectivity index (χ2n) is 4.34. The Morgan fingerprint density at radius 1 is 1.36 bits per heavy atom. The molecule has 2 nitrogen and oxygen atoms in total. The van der Waals surface area contributed by atoms with Crippen LogP contribution in [0.15, 0.2) is 18.3 Å². The zero-order chi connectivity index (χ0) is 9.54. The molecule has 3 unspecified atom stereocenters. The fourth-order valence-electron chi connectivity index (χ4n) is 2.78. The summed E-state index contributed by atoms with van der Waals surface area (Å²) in [6.07, 6.45) is 3.25. The smallest absolute Gasteiger partial charge is 0.129 e. The SMILES string of the molecule is Clc1ccc(C2CC3CNCC32)cn1. The number of pyridine rings is 1. The van der Waals surface area contributed by atoms with Gasteiger partial charge in [0.15, 0.2) is 0 Å². The van der Waals surface area contributed by atoms with Crippen molar-refractivity contribution in [2.24, 2.45) is 11.8 Å². The molecule has 0 amide bonds. The molecule has 0 spiro atoms. The molecular formula is C11H13ClN2. The minimum absolute atomic E-state index is 0.592. The summed E-state index contributed by atoms with van der Waals surface area (Å²) in [6.45, 7) is 2.39. The topological polar surface area (TPSA) is 24.9 Å². The van der Waals surface area contributed by atoms with Crippen LogP contribution in [0.25, 0.3) is 0 Å². The van der Waals surface area contributed by atoms with E-state index < -0.39 is 0 Å². The minimum Gasteiger partial charge on any atom is -0.316 e. The maximum absolute atomic E-state index is 5.77. The highest BCUT2D eigenvalue weighted by Gasteiger charge is 2.44. The molecule has 1 aliphatic carbocycles. The van der Waals surface area contributed by atoms with Gasteiger partial charge < -0.3 is 5.32 Å². The van der Waals surface area contributed by atoms with Crippen LogP contribution in [0.1, 0.15) is 17.9 Å². The Hall–Kier alpha value is -0.600. The standard InChI is InChI=1S/C11H13ClN2/c12-11-2-1-7(5-14-11)9-3-8-4-13-6-10(8)9/h1-2,5,8-10,13H,3-4,6H2. The van der Waals surface area contributed by atoms with Gasteiger partial charge in [0, 0.05) is 6.20 Å². The molecular weight excluding hydrogens is 196 g/mol. The zero-order valence-electron chi connectivity index (χ0n) is 7.91. The Morgan fingerprint density at radius 3 is 3.00 bits per heavy atom. The van der Waals surface area contributed by atoms with Gasteiger partial charge in [0.25, 0.3) is 0 Å². The lowest BCUT2D eigenvalue weighted by Gasteiger charge is -2.39. The van der Waals surface area contributed by atoms with Crippen LogP contribution >= 0.6 is 11.6 Å². The van der Waals surface area contributed by atoms with Gasteiger partial charge in [-0.1, -0.05) is 17.7 Å². The van der Waals surface area contributed by atoms with Gasteiger partial charge >= 0.3 is 0 Å². The van der Waals surface area contributed by atoms with Crippen LogP contribution in [-0.4, -0.2) is 18.1 Å². The van der Waals surface area contributed by atoms with Crippen molar-refractivity contribution in [1.82, 2.24) is 10.3 Å². The van der Waals surface area contributed by atoms with E-state index in [1.54, 1.807) is 0 Å². The molecule has 3 atom stereocenters. The van der Waals surface area contributed by atoms with Crippen molar-refractivity contribution >= 4 is 11.6 Å². The summed E-state index contributed by atoms with van der Waals surface area (Å²) in [7, 11) is 0. The number of rotatable bonds is 1. The Kier molecular flexibility index (Phi) is 1.99. The van der Waals surface area contributed by atoms with Crippen molar-refractivity contribution in [2.45, 2.75) is 12.3 Å². The van der Waals surface area contributed by atoms with Crippen molar-refractivity contribution in [1.29, 1.82) is 0 Å². The van der Waals surface area contributed by atoms with Crippen molar-refractivity contribution in [3.63, 3.8) is 0 Å². The summed E-state index contributed by atoms with van der Waals surface area (Å²) in [5.74, 6) is 2.48. The maximum atomic E-state index is 5.77. The first-order chi connectivity index (χ1) is 6.84. The quantitative estimate of drug-likeness (QED) is 0.715. The van der Waals surface area contributed by atoms with Gasteiger partial charge in [-0.2, -0.15) is 0 Å². The molecule has 1 saturated carbocycles. The van der Waals surface area contributed by atoms with E-state index in [2.05, 4.69) is 16.4 Å². The van der Waals surface area contributed by atoms with E-state index in [1.807, 2.05) is 12.3 Å². The second kappa shape index (κ2) is 3.21. The third-order valence-corrected chi connectivity index (χ3v) is 3.87. The minimum atomic E-state index is 0.592. The summed E-state index contributed by atoms with van der Waals surface area (Å²) < 4.78 is 0. The first kappa shape index (κ1) is 8.69. The number of nitrogens with zero attached hydrogens (tertiary/aromatic N) is 1. The first-order valence-electron chi connectivity index (χ1n) is 5.17. The van der Waals surface area contributed by atoms with Crippen molar-refractivity contribution in [3.8, 4) is 0 Å².